The molecule has 0 saturated heterocycles. The van der Waals surface area contributed by atoms with E-state index in [0.29, 0.717) is 22.7 Å². The average molecular weight is 608 g/mol. The first kappa shape index (κ1) is 29.3. The van der Waals surface area contributed by atoms with E-state index in [2.05, 4.69) is 36.4 Å². The fraction of sp³-hybridized carbons (Fsp3) is 0.103. The van der Waals surface area contributed by atoms with E-state index in [1.54, 1.807) is 19.1 Å². The number of aryl methyl sites for hydroxylation is 2. The standard InChI is InChI=1S/C39H31BF2N2O2/c1-22-19-24(3)43-38(22)37(39-23(2)20-25(4)44(39)40(41)42)27-15-13-26(14-16-27)35-29-9-5-7-11-31(29)36(32-12-8-6-10-30(32)35)28-17-18-33(45)34(46)21-28/h5-21,45-46H,1-4H3/b38-37-. The van der Waals surface area contributed by atoms with Gasteiger partial charge in [0.1, 0.15) is 0 Å². The minimum Gasteiger partial charge on any atom is -0.504 e. The molecule has 0 saturated carbocycles. The number of phenolic OH excluding ortho intramolecular Hbond substituents is 2. The maximum Gasteiger partial charge on any atom is 0.677 e. The van der Waals surface area contributed by atoms with E-state index in [1.807, 2.05) is 69.3 Å². The summed E-state index contributed by atoms with van der Waals surface area (Å²) >= 11 is 0. The maximum atomic E-state index is 14.5. The van der Waals surface area contributed by atoms with Gasteiger partial charge in [-0.1, -0.05) is 78.9 Å². The highest BCUT2D eigenvalue weighted by Crippen LogP contribution is 2.45. The fourth-order valence-corrected chi connectivity index (χ4v) is 6.94. The number of hydrogen-bond donors (Lipinski definition) is 2. The van der Waals surface area contributed by atoms with Crippen molar-refractivity contribution in [3.8, 4) is 33.8 Å². The van der Waals surface area contributed by atoms with Crippen molar-refractivity contribution in [2.75, 3.05) is 0 Å². The van der Waals surface area contributed by atoms with Gasteiger partial charge >= 0.3 is 7.40 Å². The van der Waals surface area contributed by atoms with Crippen molar-refractivity contribution in [1.29, 1.82) is 0 Å². The van der Waals surface area contributed by atoms with E-state index >= 15 is 0 Å². The van der Waals surface area contributed by atoms with Gasteiger partial charge in [-0.2, -0.15) is 0 Å². The molecule has 2 N–H and O–H groups in total. The number of aromatic nitrogens is 1. The van der Waals surface area contributed by atoms with Crippen molar-refractivity contribution in [2.45, 2.75) is 27.7 Å². The second-order valence-corrected chi connectivity index (χ2v) is 11.9. The van der Waals surface area contributed by atoms with Gasteiger partial charge in [-0.25, -0.2) is 0 Å². The molecule has 2 heterocycles. The SMILES string of the molecule is CC1=CC(C)=N/C1=C(/c1ccc(-c2c3ccccc3c(-c3ccc(O)c(O)c3)c3ccccc23)cc1)c1c(C)cc(C)n1B(F)F. The zero-order chi connectivity index (χ0) is 32.3. The summed E-state index contributed by atoms with van der Waals surface area (Å²) in [5, 5.41) is 24.4. The molecule has 1 aromatic heterocycles. The quantitative estimate of drug-likeness (QED) is 0.116. The molecule has 6 aromatic rings. The highest BCUT2D eigenvalue weighted by Gasteiger charge is 2.29. The van der Waals surface area contributed by atoms with Crippen LogP contribution in [-0.2, 0) is 0 Å². The molecule has 46 heavy (non-hydrogen) atoms. The van der Waals surface area contributed by atoms with Crippen LogP contribution in [-0.4, -0.2) is 27.8 Å². The molecule has 4 nitrogen and oxygen atoms in total. The molecule has 0 atom stereocenters. The van der Waals surface area contributed by atoms with E-state index in [4.69, 9.17) is 4.99 Å². The topological polar surface area (TPSA) is 57.8 Å². The third-order valence-corrected chi connectivity index (χ3v) is 8.83. The van der Waals surface area contributed by atoms with Crippen molar-refractivity contribution < 1.29 is 18.8 Å². The lowest BCUT2D eigenvalue weighted by molar-refractivity contribution is 0.404. The van der Waals surface area contributed by atoms with Crippen LogP contribution in [0.15, 0.2) is 119 Å². The Morgan fingerprint density at radius 3 is 1.72 bits per heavy atom. The van der Waals surface area contributed by atoms with Gasteiger partial charge in [0, 0.05) is 22.7 Å². The van der Waals surface area contributed by atoms with Gasteiger partial charge in [-0.3, -0.25) is 13.6 Å². The molecular weight excluding hydrogens is 577 g/mol. The Hall–Kier alpha value is -5.43. The number of benzene rings is 5. The minimum atomic E-state index is -2.69. The summed E-state index contributed by atoms with van der Waals surface area (Å²) in [5.74, 6) is -0.343. The molecule has 226 valence electrons. The number of hydrogen-bond acceptors (Lipinski definition) is 3. The number of halogens is 2. The van der Waals surface area contributed by atoms with Crippen LogP contribution in [0.3, 0.4) is 0 Å². The number of phenols is 2. The van der Waals surface area contributed by atoms with Crippen molar-refractivity contribution in [1.82, 2.24) is 4.48 Å². The van der Waals surface area contributed by atoms with Crippen LogP contribution in [0.2, 0.25) is 0 Å². The summed E-state index contributed by atoms with van der Waals surface area (Å²) in [7, 11) is -2.69. The summed E-state index contributed by atoms with van der Waals surface area (Å²) in [6, 6.07) is 31.2. The van der Waals surface area contributed by atoms with Crippen LogP contribution in [0.4, 0.5) is 8.63 Å². The fourth-order valence-electron chi connectivity index (χ4n) is 6.94. The van der Waals surface area contributed by atoms with Crippen molar-refractivity contribution in [3.05, 3.63) is 137 Å². The Morgan fingerprint density at radius 2 is 1.22 bits per heavy atom. The molecule has 0 radical (unpaired) electrons. The van der Waals surface area contributed by atoms with Crippen LogP contribution >= 0.6 is 0 Å². The molecule has 0 spiro atoms. The predicted molar refractivity (Wildman–Crippen MR) is 186 cm³/mol. The first-order chi connectivity index (χ1) is 22.1. The Kier molecular flexibility index (Phi) is 7.12. The van der Waals surface area contributed by atoms with Gasteiger partial charge in [-0.05, 0) is 112 Å². The molecule has 0 amide bonds. The molecule has 0 unspecified atom stereocenters. The zero-order valence-electron chi connectivity index (χ0n) is 25.9. The Bertz CT molecular complexity index is 2240. The van der Waals surface area contributed by atoms with Crippen LogP contribution in [0.25, 0.3) is 49.4 Å². The van der Waals surface area contributed by atoms with E-state index in [0.717, 1.165) is 70.7 Å². The summed E-state index contributed by atoms with van der Waals surface area (Å²) in [5.41, 5.74) is 9.48. The molecule has 7 rings (SSSR count). The monoisotopic (exact) mass is 608 g/mol. The van der Waals surface area contributed by atoms with E-state index in [-0.39, 0.29) is 11.5 Å². The van der Waals surface area contributed by atoms with Crippen LogP contribution in [0, 0.1) is 13.8 Å². The Balaban J connectivity index is 1.47. The molecule has 0 aliphatic carbocycles. The minimum absolute atomic E-state index is 0.168. The third kappa shape index (κ3) is 4.71. The first-order valence-corrected chi connectivity index (χ1v) is 15.2. The molecule has 0 bridgehead atoms. The molecule has 0 fully saturated rings. The number of rotatable bonds is 5. The van der Waals surface area contributed by atoms with Crippen LogP contribution < -0.4 is 0 Å². The molecule has 1 aliphatic heterocycles. The van der Waals surface area contributed by atoms with E-state index < -0.39 is 7.40 Å². The molecule has 7 heteroatoms. The molecular formula is C39H31BF2N2O2. The van der Waals surface area contributed by atoms with Gasteiger partial charge < -0.3 is 14.7 Å². The number of aliphatic imine (C=N–C) groups is 1. The molecule has 1 aliphatic rings. The maximum absolute atomic E-state index is 14.5. The first-order valence-electron chi connectivity index (χ1n) is 15.2. The number of fused-ring (bicyclic) bond motifs is 2. The lowest BCUT2D eigenvalue weighted by Crippen LogP contribution is -2.18. The summed E-state index contributed by atoms with van der Waals surface area (Å²) < 4.78 is 30.1. The largest absolute Gasteiger partial charge is 0.677 e. The van der Waals surface area contributed by atoms with Gasteiger partial charge in [0.2, 0.25) is 0 Å². The van der Waals surface area contributed by atoms with Crippen LogP contribution in [0.5, 0.6) is 11.5 Å². The van der Waals surface area contributed by atoms with Gasteiger partial charge in [0.15, 0.2) is 11.5 Å². The normalized spacial score (nSPS) is 14.1. The summed E-state index contributed by atoms with van der Waals surface area (Å²) in [4.78, 5) is 4.80. The number of aromatic hydroxyl groups is 2. The van der Waals surface area contributed by atoms with Gasteiger partial charge in [0.05, 0.1) is 5.70 Å². The average Bonchev–Trinajstić information content (AvgIpc) is 3.53. The zero-order valence-corrected chi connectivity index (χ0v) is 25.9. The predicted octanol–water partition coefficient (Wildman–Crippen LogP) is 10.1. The summed E-state index contributed by atoms with van der Waals surface area (Å²) in [6.45, 7) is 7.46. The van der Waals surface area contributed by atoms with Crippen LogP contribution in [0.1, 0.15) is 36.4 Å². The Morgan fingerprint density at radius 1 is 0.674 bits per heavy atom. The van der Waals surface area contributed by atoms with E-state index in [1.165, 1.54) is 6.07 Å². The van der Waals surface area contributed by atoms with Gasteiger partial charge in [-0.15, -0.1) is 0 Å². The second kappa shape index (κ2) is 11.2. The molecule has 5 aromatic carbocycles. The highest BCUT2D eigenvalue weighted by atomic mass is 19.2. The van der Waals surface area contributed by atoms with Crippen molar-refractivity contribution >= 4 is 40.2 Å². The van der Waals surface area contributed by atoms with Crippen molar-refractivity contribution in [3.63, 3.8) is 0 Å². The van der Waals surface area contributed by atoms with Crippen molar-refractivity contribution in [2.24, 2.45) is 4.99 Å². The lowest BCUT2D eigenvalue weighted by Gasteiger charge is -2.19. The number of nitrogens with zero attached hydrogens (tertiary/aromatic N) is 2. The second-order valence-electron chi connectivity index (χ2n) is 11.9. The highest BCUT2D eigenvalue weighted by molar-refractivity contribution is 6.41. The Labute approximate surface area is 266 Å². The number of allylic oxidation sites excluding steroid dienone is 2. The van der Waals surface area contributed by atoms with Gasteiger partial charge in [0.25, 0.3) is 0 Å². The van der Waals surface area contributed by atoms with E-state index in [9.17, 15) is 18.8 Å². The lowest BCUT2D eigenvalue weighted by atomic mass is 9.85. The smallest absolute Gasteiger partial charge is 0.504 e. The summed E-state index contributed by atoms with van der Waals surface area (Å²) in [6.07, 6.45) is 1.98. The third-order valence-electron chi connectivity index (χ3n) is 8.83.